The number of nitrogens with zero attached hydrogens (tertiary/aromatic N) is 1. The first-order valence-electron chi connectivity index (χ1n) is 5.11. The predicted molar refractivity (Wildman–Crippen MR) is 58.3 cm³/mol. The molecule has 0 radical (unpaired) electrons. The maximum Gasteiger partial charge on any atom is 0.0608 e. The zero-order valence-corrected chi connectivity index (χ0v) is 9.79. The fraction of sp³-hybridized carbons (Fsp3) is 0.800. The molecule has 0 atom stereocenters. The molecular formula is C10H21NSi. The van der Waals surface area contributed by atoms with Crippen molar-refractivity contribution >= 4 is 8.80 Å². The van der Waals surface area contributed by atoms with E-state index in [1.807, 2.05) is 0 Å². The van der Waals surface area contributed by atoms with Crippen molar-refractivity contribution in [2.75, 3.05) is 19.6 Å². The van der Waals surface area contributed by atoms with E-state index in [-0.39, 0.29) is 0 Å². The summed E-state index contributed by atoms with van der Waals surface area (Å²) in [4.78, 5) is 2.60. The van der Waals surface area contributed by atoms with Gasteiger partial charge in [0.05, 0.1) is 8.80 Å². The van der Waals surface area contributed by atoms with E-state index in [4.69, 9.17) is 0 Å². The molecule has 2 heteroatoms. The topological polar surface area (TPSA) is 3.24 Å². The average molecular weight is 183 g/mol. The molecule has 0 amide bonds. The smallest absolute Gasteiger partial charge is 0.0608 e. The zero-order valence-electron chi connectivity index (χ0n) is 8.64. The van der Waals surface area contributed by atoms with Crippen LogP contribution in [0.3, 0.4) is 0 Å². The summed E-state index contributed by atoms with van der Waals surface area (Å²) in [7, 11) is -0.522. The Morgan fingerprint density at radius 1 is 1.33 bits per heavy atom. The van der Waals surface area contributed by atoms with Crippen molar-refractivity contribution in [1.29, 1.82) is 0 Å². The van der Waals surface area contributed by atoms with Gasteiger partial charge >= 0.3 is 0 Å². The lowest BCUT2D eigenvalue weighted by atomic mass is 10.4. The molecule has 0 bridgehead atoms. The Morgan fingerprint density at radius 3 is 2.33 bits per heavy atom. The molecule has 0 aromatic rings. The van der Waals surface area contributed by atoms with E-state index < -0.39 is 8.80 Å². The molecule has 0 aromatic carbocycles. The lowest BCUT2D eigenvalue weighted by Gasteiger charge is -2.18. The molecule has 0 aromatic heterocycles. The summed E-state index contributed by atoms with van der Waals surface area (Å²) >= 11 is 0. The summed E-state index contributed by atoms with van der Waals surface area (Å²) in [6, 6.07) is 0. The second kappa shape index (κ2) is 4.82. The molecule has 0 N–H and O–H groups in total. The van der Waals surface area contributed by atoms with Crippen LogP contribution in [-0.2, 0) is 0 Å². The quantitative estimate of drug-likeness (QED) is 0.605. The van der Waals surface area contributed by atoms with Crippen LogP contribution in [0, 0.1) is 0 Å². The third kappa shape index (κ3) is 2.76. The molecule has 1 aliphatic heterocycles. The van der Waals surface area contributed by atoms with E-state index >= 15 is 0 Å². The third-order valence-electron chi connectivity index (χ3n) is 2.72. The number of hydrogen-bond donors (Lipinski definition) is 0. The van der Waals surface area contributed by atoms with Crippen LogP contribution in [0.5, 0.6) is 0 Å². The molecule has 70 valence electrons. The second-order valence-electron chi connectivity index (χ2n) is 4.00. The molecule has 1 rings (SSSR count). The molecular weight excluding hydrogens is 162 g/mol. The summed E-state index contributed by atoms with van der Waals surface area (Å²) < 4.78 is 0. The van der Waals surface area contributed by atoms with Crippen molar-refractivity contribution in [3.63, 3.8) is 0 Å². The molecule has 0 unspecified atom stereocenters. The van der Waals surface area contributed by atoms with E-state index in [2.05, 4.69) is 31.0 Å². The molecule has 1 nitrogen and oxygen atoms in total. The van der Waals surface area contributed by atoms with Gasteiger partial charge in [-0.15, -0.1) is 0 Å². The van der Waals surface area contributed by atoms with Gasteiger partial charge in [0.25, 0.3) is 0 Å². The van der Waals surface area contributed by atoms with E-state index in [0.717, 1.165) is 0 Å². The first kappa shape index (κ1) is 10.0. The van der Waals surface area contributed by atoms with Gasteiger partial charge in [-0.25, -0.2) is 0 Å². The van der Waals surface area contributed by atoms with Crippen molar-refractivity contribution < 1.29 is 0 Å². The minimum Gasteiger partial charge on any atom is -0.300 e. The Balaban J connectivity index is 2.37. The van der Waals surface area contributed by atoms with Gasteiger partial charge in [-0.3, -0.25) is 4.90 Å². The van der Waals surface area contributed by atoms with Gasteiger partial charge in [-0.05, 0) is 32.9 Å². The molecule has 12 heavy (non-hydrogen) atoms. The van der Waals surface area contributed by atoms with Gasteiger partial charge in [0.2, 0.25) is 0 Å². The van der Waals surface area contributed by atoms with Crippen molar-refractivity contribution in [3.8, 4) is 0 Å². The van der Waals surface area contributed by atoms with Crippen molar-refractivity contribution in [2.24, 2.45) is 0 Å². The first-order chi connectivity index (χ1) is 5.74. The van der Waals surface area contributed by atoms with Crippen LogP contribution in [0.15, 0.2) is 11.3 Å². The predicted octanol–water partition coefficient (Wildman–Crippen LogP) is 2.05. The van der Waals surface area contributed by atoms with Gasteiger partial charge in [-0.2, -0.15) is 0 Å². The fourth-order valence-corrected chi connectivity index (χ4v) is 3.10. The summed E-state index contributed by atoms with van der Waals surface area (Å²) in [6.07, 6.45) is 5.17. The molecule has 1 heterocycles. The Labute approximate surface area is 78.1 Å². The van der Waals surface area contributed by atoms with Gasteiger partial charge in [0.1, 0.15) is 0 Å². The second-order valence-corrected chi connectivity index (χ2v) is 7.05. The third-order valence-corrected chi connectivity index (χ3v) is 4.72. The summed E-state index contributed by atoms with van der Waals surface area (Å²) in [5.74, 6) is 0. The van der Waals surface area contributed by atoms with Crippen molar-refractivity contribution in [1.82, 2.24) is 4.90 Å². The van der Waals surface area contributed by atoms with Crippen LogP contribution in [-0.4, -0.2) is 33.3 Å². The van der Waals surface area contributed by atoms with Gasteiger partial charge in [0.15, 0.2) is 0 Å². The molecule has 1 saturated heterocycles. The normalized spacial score (nSPS) is 20.8. The fourth-order valence-electron chi connectivity index (χ4n) is 1.81. The monoisotopic (exact) mass is 183 g/mol. The Morgan fingerprint density at radius 2 is 1.92 bits per heavy atom. The maximum atomic E-state index is 2.60. The van der Waals surface area contributed by atoms with Crippen molar-refractivity contribution in [2.45, 2.75) is 32.9 Å². The molecule has 1 aliphatic rings. The van der Waals surface area contributed by atoms with Crippen molar-refractivity contribution in [3.05, 3.63) is 11.3 Å². The van der Waals surface area contributed by atoms with E-state index in [1.165, 1.54) is 32.5 Å². The van der Waals surface area contributed by atoms with E-state index in [0.29, 0.717) is 0 Å². The van der Waals surface area contributed by atoms with Gasteiger partial charge in [0, 0.05) is 6.54 Å². The first-order valence-corrected chi connectivity index (χ1v) is 8.00. The van der Waals surface area contributed by atoms with Crippen LogP contribution in [0.25, 0.3) is 0 Å². The lowest BCUT2D eigenvalue weighted by Crippen LogP contribution is -2.26. The standard InChI is InChI=1S/C10H21NSi/c1-4-10(12(2)3)9-11-7-5-6-8-11/h4,12H,5-9H2,1-3H3. The summed E-state index contributed by atoms with van der Waals surface area (Å²) in [6.45, 7) is 11.0. The average Bonchev–Trinajstić information content (AvgIpc) is 2.51. The van der Waals surface area contributed by atoms with Crippen LogP contribution in [0.1, 0.15) is 19.8 Å². The van der Waals surface area contributed by atoms with Crippen LogP contribution in [0.2, 0.25) is 13.1 Å². The van der Waals surface area contributed by atoms with E-state index in [1.54, 1.807) is 5.20 Å². The van der Waals surface area contributed by atoms with E-state index in [9.17, 15) is 0 Å². The molecule has 0 saturated carbocycles. The van der Waals surface area contributed by atoms with Crippen LogP contribution < -0.4 is 0 Å². The maximum absolute atomic E-state index is 2.60. The molecule has 1 fully saturated rings. The van der Waals surface area contributed by atoms with Crippen LogP contribution in [0.4, 0.5) is 0 Å². The van der Waals surface area contributed by atoms with Crippen LogP contribution >= 0.6 is 0 Å². The molecule has 0 aliphatic carbocycles. The highest BCUT2D eigenvalue weighted by molar-refractivity contribution is 6.64. The Hall–Kier alpha value is -0.0831. The largest absolute Gasteiger partial charge is 0.300 e. The SMILES string of the molecule is CC=C(CN1CCCC1)[SiH](C)C. The summed E-state index contributed by atoms with van der Waals surface area (Å²) in [5.41, 5.74) is 0. The Bertz CT molecular complexity index is 157. The number of hydrogen-bond acceptors (Lipinski definition) is 1. The number of allylic oxidation sites excluding steroid dienone is 1. The highest BCUT2D eigenvalue weighted by Gasteiger charge is 2.14. The van der Waals surface area contributed by atoms with Gasteiger partial charge in [-0.1, -0.05) is 24.4 Å². The zero-order chi connectivity index (χ0) is 8.97. The highest BCUT2D eigenvalue weighted by atomic mass is 28.3. The van der Waals surface area contributed by atoms with Gasteiger partial charge < -0.3 is 0 Å². The lowest BCUT2D eigenvalue weighted by molar-refractivity contribution is 0.373. The minimum atomic E-state index is -0.522. The number of likely N-dealkylation sites (tertiary alicyclic amines) is 1. The molecule has 0 spiro atoms. The Kier molecular flexibility index (Phi) is 4.02. The highest BCUT2D eigenvalue weighted by Crippen LogP contribution is 2.11. The number of rotatable bonds is 3. The summed E-state index contributed by atoms with van der Waals surface area (Å²) in [5, 5.41) is 1.73. The minimum absolute atomic E-state index is 0.522.